The van der Waals surface area contributed by atoms with Crippen molar-refractivity contribution in [2.45, 2.75) is 18.8 Å². The number of carbonyl (C=O) groups excluding carboxylic acids is 1. The molecule has 2 aliphatic heterocycles. The zero-order valence-electron chi connectivity index (χ0n) is 16.1. The van der Waals surface area contributed by atoms with Gasteiger partial charge in [0.2, 0.25) is 18.6 Å². The Balaban J connectivity index is 1.31. The number of likely N-dealkylation sites (tertiary alicyclic amines) is 1. The van der Waals surface area contributed by atoms with E-state index in [4.69, 9.17) is 19.2 Å². The molecule has 30 heavy (non-hydrogen) atoms. The van der Waals surface area contributed by atoms with Crippen molar-refractivity contribution in [3.63, 3.8) is 0 Å². The Morgan fingerprint density at radius 1 is 1.10 bits per heavy atom. The molecule has 0 aliphatic carbocycles. The molecule has 1 aromatic heterocycles. The molecule has 1 fully saturated rings. The number of carbonyl (C=O) groups is 1. The van der Waals surface area contributed by atoms with Gasteiger partial charge in [0.1, 0.15) is 0 Å². The van der Waals surface area contributed by atoms with Crippen LogP contribution in [-0.2, 0) is 0 Å². The summed E-state index contributed by atoms with van der Waals surface area (Å²) < 4.78 is 16.7. The Bertz CT molecular complexity index is 1130. The van der Waals surface area contributed by atoms with E-state index >= 15 is 0 Å². The predicted molar refractivity (Wildman–Crippen MR) is 105 cm³/mol. The monoisotopic (exact) mass is 402 g/mol. The molecule has 1 atom stereocenters. The van der Waals surface area contributed by atoms with E-state index in [1.807, 2.05) is 18.2 Å². The average Bonchev–Trinajstić information content (AvgIpc) is 3.48. The van der Waals surface area contributed by atoms with Gasteiger partial charge in [-0.15, -0.1) is 10.2 Å². The van der Waals surface area contributed by atoms with Gasteiger partial charge in [0.15, 0.2) is 11.5 Å². The van der Waals surface area contributed by atoms with Crippen LogP contribution in [-0.4, -0.2) is 40.9 Å². The van der Waals surface area contributed by atoms with E-state index < -0.39 is 0 Å². The Labute approximate surface area is 172 Å². The van der Waals surface area contributed by atoms with Crippen LogP contribution in [0.15, 0.2) is 46.9 Å². The van der Waals surface area contributed by atoms with Crippen molar-refractivity contribution >= 4 is 5.91 Å². The Morgan fingerprint density at radius 2 is 1.93 bits per heavy atom. The highest BCUT2D eigenvalue weighted by Crippen LogP contribution is 2.36. The molecule has 1 saturated heterocycles. The summed E-state index contributed by atoms with van der Waals surface area (Å²) in [5, 5.41) is 17.3. The largest absolute Gasteiger partial charge is 0.454 e. The summed E-state index contributed by atoms with van der Waals surface area (Å²) in [5.74, 6) is 2.22. The fourth-order valence-electron chi connectivity index (χ4n) is 3.78. The van der Waals surface area contributed by atoms with E-state index in [9.17, 15) is 4.79 Å². The van der Waals surface area contributed by atoms with Crippen molar-refractivity contribution in [3.05, 3.63) is 59.5 Å². The Morgan fingerprint density at radius 3 is 2.77 bits per heavy atom. The molecule has 2 aromatic carbocycles. The normalized spacial score (nSPS) is 17.6. The molecule has 2 aliphatic rings. The minimum absolute atomic E-state index is 0.0173. The van der Waals surface area contributed by atoms with Crippen LogP contribution in [0.25, 0.3) is 11.5 Å². The third-order valence-electron chi connectivity index (χ3n) is 5.38. The lowest BCUT2D eigenvalue weighted by atomic mass is 9.97. The van der Waals surface area contributed by atoms with Crippen molar-refractivity contribution in [2.24, 2.45) is 0 Å². The molecule has 5 rings (SSSR count). The first-order valence-electron chi connectivity index (χ1n) is 9.74. The fraction of sp³-hybridized carbons (Fsp3) is 0.273. The van der Waals surface area contributed by atoms with Crippen molar-refractivity contribution in [2.75, 3.05) is 19.9 Å². The number of nitrogens with zero attached hydrogens (tertiary/aromatic N) is 4. The van der Waals surface area contributed by atoms with Crippen molar-refractivity contribution in [1.82, 2.24) is 15.1 Å². The molecule has 0 bridgehead atoms. The molecule has 0 radical (unpaired) electrons. The number of rotatable bonds is 3. The van der Waals surface area contributed by atoms with Crippen LogP contribution in [0.5, 0.6) is 11.5 Å². The molecular weight excluding hydrogens is 384 g/mol. The van der Waals surface area contributed by atoms with Gasteiger partial charge in [0, 0.05) is 24.2 Å². The van der Waals surface area contributed by atoms with Gasteiger partial charge in [-0.1, -0.05) is 0 Å². The van der Waals surface area contributed by atoms with Crippen LogP contribution in [0.2, 0.25) is 0 Å². The lowest BCUT2D eigenvalue weighted by Crippen LogP contribution is -2.39. The third kappa shape index (κ3) is 3.35. The first-order chi connectivity index (χ1) is 14.7. The highest BCUT2D eigenvalue weighted by molar-refractivity contribution is 5.94. The zero-order valence-corrected chi connectivity index (χ0v) is 16.1. The summed E-state index contributed by atoms with van der Waals surface area (Å²) in [7, 11) is 0. The number of hydrogen-bond donors (Lipinski definition) is 0. The van der Waals surface area contributed by atoms with Crippen LogP contribution in [0.3, 0.4) is 0 Å². The maximum Gasteiger partial charge on any atom is 0.253 e. The van der Waals surface area contributed by atoms with Gasteiger partial charge in [-0.25, -0.2) is 0 Å². The maximum atomic E-state index is 12.9. The summed E-state index contributed by atoms with van der Waals surface area (Å²) >= 11 is 0. The van der Waals surface area contributed by atoms with Gasteiger partial charge in [0.05, 0.1) is 17.6 Å². The highest BCUT2D eigenvalue weighted by atomic mass is 16.7. The second-order valence-corrected chi connectivity index (χ2v) is 7.29. The van der Waals surface area contributed by atoms with E-state index in [0.717, 1.165) is 18.4 Å². The van der Waals surface area contributed by atoms with E-state index in [2.05, 4.69) is 16.3 Å². The van der Waals surface area contributed by atoms with Gasteiger partial charge in [-0.3, -0.25) is 4.79 Å². The van der Waals surface area contributed by atoms with Crippen LogP contribution < -0.4 is 9.47 Å². The number of aromatic nitrogens is 2. The number of fused-ring (bicyclic) bond motifs is 1. The van der Waals surface area contributed by atoms with Crippen LogP contribution in [0.4, 0.5) is 0 Å². The molecule has 0 saturated carbocycles. The van der Waals surface area contributed by atoms with Crippen LogP contribution >= 0.6 is 0 Å². The number of ether oxygens (including phenoxy) is 2. The van der Waals surface area contributed by atoms with E-state index in [0.29, 0.717) is 47.5 Å². The number of benzene rings is 2. The van der Waals surface area contributed by atoms with Gasteiger partial charge in [-0.2, -0.15) is 5.26 Å². The molecule has 8 nitrogen and oxygen atoms in total. The molecular formula is C22H18N4O4. The van der Waals surface area contributed by atoms with Crippen molar-refractivity contribution in [1.29, 1.82) is 5.26 Å². The Hall–Kier alpha value is -3.86. The minimum Gasteiger partial charge on any atom is -0.454 e. The summed E-state index contributed by atoms with van der Waals surface area (Å²) in [6.45, 7) is 1.40. The van der Waals surface area contributed by atoms with Gasteiger partial charge >= 0.3 is 0 Å². The smallest absolute Gasteiger partial charge is 0.253 e. The molecule has 150 valence electrons. The minimum atomic E-state index is -0.0558. The van der Waals surface area contributed by atoms with Gasteiger partial charge in [-0.05, 0) is 55.3 Å². The topological polar surface area (TPSA) is 101 Å². The number of amides is 1. The van der Waals surface area contributed by atoms with E-state index in [-0.39, 0.29) is 18.6 Å². The SMILES string of the molecule is N#Cc1ccc(C(=O)N2CCCC(c3nnc(-c4ccc5c(c4)OCO5)o3)C2)cc1. The fourth-order valence-corrected chi connectivity index (χ4v) is 3.78. The summed E-state index contributed by atoms with van der Waals surface area (Å²) in [6, 6.07) is 14.3. The third-order valence-corrected chi connectivity index (χ3v) is 5.38. The Kier molecular flexibility index (Phi) is 4.56. The first kappa shape index (κ1) is 18.2. The molecule has 3 aromatic rings. The highest BCUT2D eigenvalue weighted by Gasteiger charge is 2.29. The van der Waals surface area contributed by atoms with Crippen molar-refractivity contribution < 1.29 is 18.7 Å². The summed E-state index contributed by atoms with van der Waals surface area (Å²) in [6.07, 6.45) is 1.73. The molecule has 8 heteroatoms. The standard InChI is InChI=1S/C22H18N4O4/c23-11-14-3-5-15(6-4-14)22(27)26-9-1-2-17(12-26)21-25-24-20(30-21)16-7-8-18-19(10-16)29-13-28-18/h3-8,10,17H,1-2,9,12-13H2. The zero-order chi connectivity index (χ0) is 20.5. The first-order valence-corrected chi connectivity index (χ1v) is 9.74. The number of hydrogen-bond acceptors (Lipinski definition) is 7. The van der Waals surface area contributed by atoms with E-state index in [1.165, 1.54) is 0 Å². The molecule has 3 heterocycles. The van der Waals surface area contributed by atoms with Gasteiger partial charge in [0.25, 0.3) is 5.91 Å². The number of piperidine rings is 1. The quantitative estimate of drug-likeness (QED) is 0.662. The second kappa shape index (κ2) is 7.52. The van der Waals surface area contributed by atoms with Crippen LogP contribution in [0.1, 0.15) is 40.6 Å². The van der Waals surface area contributed by atoms with Crippen LogP contribution in [0, 0.1) is 11.3 Å². The number of nitriles is 1. The molecule has 1 unspecified atom stereocenters. The van der Waals surface area contributed by atoms with Crippen molar-refractivity contribution in [3.8, 4) is 29.0 Å². The summed E-state index contributed by atoms with van der Waals surface area (Å²) in [5.41, 5.74) is 1.87. The lowest BCUT2D eigenvalue weighted by molar-refractivity contribution is 0.0698. The molecule has 1 amide bonds. The van der Waals surface area contributed by atoms with Gasteiger partial charge < -0.3 is 18.8 Å². The summed E-state index contributed by atoms with van der Waals surface area (Å²) in [4.78, 5) is 14.7. The maximum absolute atomic E-state index is 12.9. The average molecular weight is 402 g/mol. The predicted octanol–water partition coefficient (Wildman–Crippen LogP) is 3.36. The van der Waals surface area contributed by atoms with E-state index in [1.54, 1.807) is 29.2 Å². The second-order valence-electron chi connectivity index (χ2n) is 7.29. The molecule has 0 N–H and O–H groups in total. The lowest BCUT2D eigenvalue weighted by Gasteiger charge is -2.31. The molecule has 0 spiro atoms.